The molecule has 0 saturated carbocycles. The summed E-state index contributed by atoms with van der Waals surface area (Å²) in [7, 11) is 0. The van der Waals surface area contributed by atoms with Crippen LogP contribution >= 0.6 is 0 Å². The Morgan fingerprint density at radius 3 is 2.75 bits per heavy atom. The van der Waals surface area contributed by atoms with Crippen molar-refractivity contribution >= 4 is 0 Å². The smallest absolute Gasteiger partial charge is 0.126 e. The Labute approximate surface area is 96.3 Å². The summed E-state index contributed by atoms with van der Waals surface area (Å²) in [6.45, 7) is 5.83. The van der Waals surface area contributed by atoms with Gasteiger partial charge in [-0.2, -0.15) is 0 Å². The topological polar surface area (TPSA) is 38.0 Å². The van der Waals surface area contributed by atoms with Crippen molar-refractivity contribution in [2.45, 2.75) is 32.2 Å². The molecule has 0 heterocycles. The summed E-state index contributed by atoms with van der Waals surface area (Å²) in [5.41, 5.74) is 4.55. The fraction of sp³-hybridized carbons (Fsp3) is 0.385. The van der Waals surface area contributed by atoms with Crippen LogP contribution in [0.5, 0.6) is 0 Å². The monoisotopic (exact) mass is 222 g/mol. The van der Waals surface area contributed by atoms with E-state index in [-0.39, 0.29) is 11.9 Å². The third kappa shape index (κ3) is 4.13. The molecule has 3 N–H and O–H groups in total. The van der Waals surface area contributed by atoms with Crippen molar-refractivity contribution in [3.63, 3.8) is 0 Å². The van der Waals surface area contributed by atoms with Crippen LogP contribution in [0.1, 0.15) is 25.3 Å². The Morgan fingerprint density at radius 1 is 1.50 bits per heavy atom. The second-order valence-electron chi connectivity index (χ2n) is 4.15. The Morgan fingerprint density at radius 2 is 2.19 bits per heavy atom. The summed E-state index contributed by atoms with van der Waals surface area (Å²) in [6.07, 6.45) is 2.39. The molecule has 1 aromatic carbocycles. The molecular weight excluding hydrogens is 203 g/mol. The molecule has 0 aliphatic rings. The van der Waals surface area contributed by atoms with Gasteiger partial charge in [0.2, 0.25) is 0 Å². The zero-order valence-corrected chi connectivity index (χ0v) is 9.67. The Kier molecular flexibility index (Phi) is 5.15. The van der Waals surface area contributed by atoms with Crippen molar-refractivity contribution in [3.05, 3.63) is 47.8 Å². The molecule has 0 saturated heterocycles. The highest BCUT2D eigenvalue weighted by Crippen LogP contribution is 2.13. The van der Waals surface area contributed by atoms with Crippen LogP contribution in [0.25, 0.3) is 0 Å². The standard InChI is InChI=1S/C13H19FN2/c1-10(2)7-8-12(16-15)9-11-5-3-4-6-13(11)14/h3-6,12,16H,1,7-9,15H2,2H3. The van der Waals surface area contributed by atoms with Gasteiger partial charge in [0, 0.05) is 6.04 Å². The molecule has 0 fully saturated rings. The quantitative estimate of drug-likeness (QED) is 0.441. The third-order valence-electron chi connectivity index (χ3n) is 2.58. The molecule has 1 rings (SSSR count). The van der Waals surface area contributed by atoms with Crippen LogP contribution < -0.4 is 11.3 Å². The lowest BCUT2D eigenvalue weighted by atomic mass is 10.0. The molecule has 1 atom stereocenters. The normalized spacial score (nSPS) is 12.4. The average molecular weight is 222 g/mol. The summed E-state index contributed by atoms with van der Waals surface area (Å²) in [4.78, 5) is 0. The van der Waals surface area contributed by atoms with Crippen molar-refractivity contribution < 1.29 is 4.39 Å². The number of hydrogen-bond donors (Lipinski definition) is 2. The average Bonchev–Trinajstić information content (AvgIpc) is 2.26. The molecule has 0 spiro atoms. The summed E-state index contributed by atoms with van der Waals surface area (Å²) < 4.78 is 13.4. The van der Waals surface area contributed by atoms with Crippen molar-refractivity contribution in [2.75, 3.05) is 0 Å². The van der Waals surface area contributed by atoms with E-state index < -0.39 is 0 Å². The molecule has 2 nitrogen and oxygen atoms in total. The van der Waals surface area contributed by atoms with E-state index in [2.05, 4.69) is 12.0 Å². The van der Waals surface area contributed by atoms with Crippen LogP contribution in [-0.4, -0.2) is 6.04 Å². The van der Waals surface area contributed by atoms with Crippen LogP contribution in [0.4, 0.5) is 4.39 Å². The number of nitrogens with one attached hydrogen (secondary N) is 1. The summed E-state index contributed by atoms with van der Waals surface area (Å²) in [6, 6.07) is 6.89. The SMILES string of the molecule is C=C(C)CCC(Cc1ccccc1F)NN. The minimum Gasteiger partial charge on any atom is -0.271 e. The number of nitrogens with two attached hydrogens (primary N) is 1. The van der Waals surface area contributed by atoms with E-state index in [0.717, 1.165) is 18.4 Å². The van der Waals surface area contributed by atoms with E-state index >= 15 is 0 Å². The van der Waals surface area contributed by atoms with Crippen LogP contribution in [-0.2, 0) is 6.42 Å². The van der Waals surface area contributed by atoms with Gasteiger partial charge in [-0.05, 0) is 37.8 Å². The Balaban J connectivity index is 2.56. The van der Waals surface area contributed by atoms with Crippen molar-refractivity contribution in [1.82, 2.24) is 5.43 Å². The van der Waals surface area contributed by atoms with E-state index in [9.17, 15) is 4.39 Å². The van der Waals surface area contributed by atoms with E-state index in [1.165, 1.54) is 6.07 Å². The fourth-order valence-corrected chi connectivity index (χ4v) is 1.59. The van der Waals surface area contributed by atoms with Gasteiger partial charge in [-0.25, -0.2) is 4.39 Å². The molecular formula is C13H19FN2. The minimum absolute atomic E-state index is 0.0913. The summed E-state index contributed by atoms with van der Waals surface area (Å²) in [5, 5.41) is 0. The molecule has 3 heteroatoms. The number of hydrogen-bond acceptors (Lipinski definition) is 2. The first-order valence-corrected chi connectivity index (χ1v) is 5.47. The van der Waals surface area contributed by atoms with Gasteiger partial charge in [-0.1, -0.05) is 23.8 Å². The molecule has 0 bridgehead atoms. The zero-order chi connectivity index (χ0) is 12.0. The van der Waals surface area contributed by atoms with Crippen LogP contribution in [0.15, 0.2) is 36.4 Å². The maximum absolute atomic E-state index is 13.4. The first kappa shape index (κ1) is 12.9. The molecule has 88 valence electrons. The van der Waals surface area contributed by atoms with Gasteiger partial charge < -0.3 is 0 Å². The predicted molar refractivity (Wildman–Crippen MR) is 65.3 cm³/mol. The van der Waals surface area contributed by atoms with Gasteiger partial charge >= 0.3 is 0 Å². The predicted octanol–water partition coefficient (Wildman–Crippen LogP) is 2.56. The van der Waals surface area contributed by atoms with Gasteiger partial charge in [0.25, 0.3) is 0 Å². The first-order valence-electron chi connectivity index (χ1n) is 5.47. The lowest BCUT2D eigenvalue weighted by Gasteiger charge is -2.16. The molecule has 0 aliphatic heterocycles. The van der Waals surface area contributed by atoms with E-state index in [1.54, 1.807) is 12.1 Å². The van der Waals surface area contributed by atoms with Crippen molar-refractivity contribution in [1.29, 1.82) is 0 Å². The van der Waals surface area contributed by atoms with Gasteiger partial charge in [-0.15, -0.1) is 6.58 Å². The van der Waals surface area contributed by atoms with Crippen LogP contribution in [0, 0.1) is 5.82 Å². The Bertz CT molecular complexity index is 350. The molecule has 1 aromatic rings. The van der Waals surface area contributed by atoms with Gasteiger partial charge in [0.15, 0.2) is 0 Å². The zero-order valence-electron chi connectivity index (χ0n) is 9.67. The lowest BCUT2D eigenvalue weighted by Crippen LogP contribution is -2.37. The molecule has 16 heavy (non-hydrogen) atoms. The van der Waals surface area contributed by atoms with Crippen LogP contribution in [0.2, 0.25) is 0 Å². The maximum atomic E-state index is 13.4. The second kappa shape index (κ2) is 6.40. The number of allylic oxidation sites excluding steroid dienone is 1. The van der Waals surface area contributed by atoms with Gasteiger partial charge in [0.05, 0.1) is 0 Å². The molecule has 1 unspecified atom stereocenters. The van der Waals surface area contributed by atoms with E-state index in [0.29, 0.717) is 12.0 Å². The van der Waals surface area contributed by atoms with Gasteiger partial charge in [-0.3, -0.25) is 11.3 Å². The summed E-state index contributed by atoms with van der Waals surface area (Å²) in [5.74, 6) is 5.29. The molecule has 0 radical (unpaired) electrons. The fourth-order valence-electron chi connectivity index (χ4n) is 1.59. The van der Waals surface area contributed by atoms with E-state index in [1.807, 2.05) is 13.0 Å². The highest BCUT2D eigenvalue weighted by Gasteiger charge is 2.10. The second-order valence-corrected chi connectivity index (χ2v) is 4.15. The van der Waals surface area contributed by atoms with Crippen LogP contribution in [0.3, 0.4) is 0 Å². The third-order valence-corrected chi connectivity index (χ3v) is 2.58. The highest BCUT2D eigenvalue weighted by molar-refractivity contribution is 5.18. The molecule has 0 amide bonds. The maximum Gasteiger partial charge on any atom is 0.126 e. The number of benzene rings is 1. The summed E-state index contributed by atoms with van der Waals surface area (Å²) >= 11 is 0. The molecule has 0 aromatic heterocycles. The number of halogens is 1. The highest BCUT2D eigenvalue weighted by atomic mass is 19.1. The van der Waals surface area contributed by atoms with Crippen molar-refractivity contribution in [2.24, 2.45) is 5.84 Å². The van der Waals surface area contributed by atoms with Gasteiger partial charge in [0.1, 0.15) is 5.82 Å². The van der Waals surface area contributed by atoms with E-state index in [4.69, 9.17) is 5.84 Å². The molecule has 0 aliphatic carbocycles. The van der Waals surface area contributed by atoms with Crippen molar-refractivity contribution in [3.8, 4) is 0 Å². The number of hydrazine groups is 1. The number of rotatable bonds is 6. The lowest BCUT2D eigenvalue weighted by molar-refractivity contribution is 0.479. The Hall–Kier alpha value is -1.19. The largest absolute Gasteiger partial charge is 0.271 e. The first-order chi connectivity index (χ1) is 7.63. The minimum atomic E-state index is -0.168.